The van der Waals surface area contributed by atoms with Crippen molar-refractivity contribution in [3.05, 3.63) is 29.6 Å². The van der Waals surface area contributed by atoms with Crippen molar-refractivity contribution in [2.75, 3.05) is 25.0 Å². The van der Waals surface area contributed by atoms with Gasteiger partial charge in [-0.15, -0.1) is 0 Å². The molecule has 0 aliphatic rings. The maximum absolute atomic E-state index is 13.5. The van der Waals surface area contributed by atoms with E-state index in [0.29, 0.717) is 6.54 Å². The minimum atomic E-state index is -0.226. The lowest BCUT2D eigenvalue weighted by Crippen LogP contribution is -2.27. The second-order valence-electron chi connectivity index (χ2n) is 5.29. The van der Waals surface area contributed by atoms with Gasteiger partial charge in [-0.05, 0) is 50.6 Å². The van der Waals surface area contributed by atoms with Gasteiger partial charge in [0, 0.05) is 25.3 Å². The van der Waals surface area contributed by atoms with E-state index in [-0.39, 0.29) is 17.8 Å². The molecule has 0 radical (unpaired) electrons. The zero-order valence-electron chi connectivity index (χ0n) is 12.8. The van der Waals surface area contributed by atoms with Crippen molar-refractivity contribution in [3.63, 3.8) is 0 Å². The fourth-order valence-corrected chi connectivity index (χ4v) is 2.24. The van der Waals surface area contributed by atoms with Crippen LogP contribution in [0.1, 0.15) is 38.8 Å². The summed E-state index contributed by atoms with van der Waals surface area (Å²) in [5.41, 5.74) is 1.91. The number of nitriles is 1. The van der Waals surface area contributed by atoms with Crippen molar-refractivity contribution in [3.8, 4) is 6.07 Å². The van der Waals surface area contributed by atoms with E-state index in [1.807, 2.05) is 25.8 Å². The first kappa shape index (κ1) is 16.5. The van der Waals surface area contributed by atoms with Crippen LogP contribution in [0.5, 0.6) is 0 Å². The summed E-state index contributed by atoms with van der Waals surface area (Å²) in [6.45, 7) is 7.56. The molecule has 110 valence electrons. The summed E-state index contributed by atoms with van der Waals surface area (Å²) in [5.74, 6) is -0.285. The third kappa shape index (κ3) is 4.50. The van der Waals surface area contributed by atoms with Gasteiger partial charge in [0.25, 0.3) is 0 Å². The normalized spacial score (nSPS) is 13.6. The van der Waals surface area contributed by atoms with E-state index in [4.69, 9.17) is 5.26 Å². The van der Waals surface area contributed by atoms with Crippen LogP contribution in [0.2, 0.25) is 0 Å². The fraction of sp³-hybridized carbons (Fsp3) is 0.562. The topological polar surface area (TPSA) is 39.1 Å². The van der Waals surface area contributed by atoms with Crippen LogP contribution in [0, 0.1) is 23.1 Å². The summed E-state index contributed by atoms with van der Waals surface area (Å²) < 4.78 is 13.5. The Hall–Kier alpha value is -1.60. The van der Waals surface area contributed by atoms with Gasteiger partial charge in [-0.3, -0.25) is 0 Å². The molecule has 0 fully saturated rings. The smallest absolute Gasteiger partial charge is 0.123 e. The van der Waals surface area contributed by atoms with Gasteiger partial charge in [-0.25, -0.2) is 4.39 Å². The summed E-state index contributed by atoms with van der Waals surface area (Å²) >= 11 is 0. The van der Waals surface area contributed by atoms with Gasteiger partial charge < -0.3 is 10.2 Å². The number of nitrogens with zero attached hydrogens (tertiary/aromatic N) is 2. The number of rotatable bonds is 7. The number of benzene rings is 1. The zero-order valence-corrected chi connectivity index (χ0v) is 12.8. The quantitative estimate of drug-likeness (QED) is 0.829. The van der Waals surface area contributed by atoms with Crippen LogP contribution in [0.4, 0.5) is 10.1 Å². The molecule has 0 aromatic heterocycles. The molecule has 0 bridgehead atoms. The van der Waals surface area contributed by atoms with Gasteiger partial charge in [0.1, 0.15) is 5.82 Å². The molecule has 0 heterocycles. The summed E-state index contributed by atoms with van der Waals surface area (Å²) in [5, 5.41) is 12.3. The van der Waals surface area contributed by atoms with Crippen LogP contribution in [-0.2, 0) is 0 Å². The van der Waals surface area contributed by atoms with Crippen molar-refractivity contribution in [1.82, 2.24) is 5.32 Å². The lowest BCUT2D eigenvalue weighted by molar-refractivity contribution is 0.560. The molecule has 1 rings (SSSR count). The van der Waals surface area contributed by atoms with Gasteiger partial charge in [0.05, 0.1) is 12.0 Å². The Balaban J connectivity index is 2.97. The Morgan fingerprint density at radius 3 is 2.70 bits per heavy atom. The third-order valence-corrected chi connectivity index (χ3v) is 3.34. The van der Waals surface area contributed by atoms with Crippen LogP contribution in [0.3, 0.4) is 0 Å². The van der Waals surface area contributed by atoms with Crippen LogP contribution < -0.4 is 10.2 Å². The van der Waals surface area contributed by atoms with Crippen molar-refractivity contribution >= 4 is 5.69 Å². The number of hydrogen-bond acceptors (Lipinski definition) is 3. The highest BCUT2D eigenvalue weighted by atomic mass is 19.1. The molecule has 0 spiro atoms. The molecule has 3 nitrogen and oxygen atoms in total. The third-order valence-electron chi connectivity index (χ3n) is 3.34. The molecule has 0 aliphatic heterocycles. The van der Waals surface area contributed by atoms with E-state index in [9.17, 15) is 4.39 Å². The van der Waals surface area contributed by atoms with Gasteiger partial charge in [-0.1, -0.05) is 6.92 Å². The van der Waals surface area contributed by atoms with E-state index in [0.717, 1.165) is 24.2 Å². The summed E-state index contributed by atoms with van der Waals surface area (Å²) in [6, 6.07) is 7.15. The summed E-state index contributed by atoms with van der Waals surface area (Å²) in [6.07, 6.45) is 1.04. The Kier molecular flexibility index (Phi) is 6.47. The Morgan fingerprint density at radius 1 is 1.40 bits per heavy atom. The van der Waals surface area contributed by atoms with Gasteiger partial charge in [0.15, 0.2) is 0 Å². The highest BCUT2D eigenvalue weighted by Gasteiger charge is 2.15. The molecule has 4 heteroatoms. The summed E-state index contributed by atoms with van der Waals surface area (Å²) in [7, 11) is 1.94. The molecule has 0 aliphatic carbocycles. The van der Waals surface area contributed by atoms with Crippen LogP contribution in [-0.4, -0.2) is 20.1 Å². The molecule has 0 amide bonds. The van der Waals surface area contributed by atoms with Crippen LogP contribution in [0.25, 0.3) is 0 Å². The highest BCUT2D eigenvalue weighted by molar-refractivity contribution is 5.54. The van der Waals surface area contributed by atoms with Crippen molar-refractivity contribution in [2.24, 2.45) is 5.92 Å². The average Bonchev–Trinajstić information content (AvgIpc) is 2.44. The maximum atomic E-state index is 13.5. The second-order valence-corrected chi connectivity index (χ2v) is 5.29. The molecule has 0 saturated carbocycles. The van der Waals surface area contributed by atoms with Gasteiger partial charge >= 0.3 is 0 Å². The first-order valence-corrected chi connectivity index (χ1v) is 7.13. The van der Waals surface area contributed by atoms with Crippen molar-refractivity contribution in [1.29, 1.82) is 5.26 Å². The second kappa shape index (κ2) is 7.86. The van der Waals surface area contributed by atoms with Crippen molar-refractivity contribution in [2.45, 2.75) is 33.2 Å². The molecule has 2 unspecified atom stereocenters. The highest BCUT2D eigenvalue weighted by Crippen LogP contribution is 2.27. The standard InChI is InChI=1S/C16H24FN3/c1-5-8-19-13(3)15-9-14(17)6-7-16(15)20(4)11-12(2)10-18/h6-7,9,12-13,19H,5,8,11H2,1-4H3. The molecule has 1 N–H and O–H groups in total. The largest absolute Gasteiger partial charge is 0.373 e. The Morgan fingerprint density at radius 2 is 2.10 bits per heavy atom. The Labute approximate surface area is 121 Å². The van der Waals surface area contributed by atoms with E-state index in [1.165, 1.54) is 6.07 Å². The molecule has 0 saturated heterocycles. The molecular formula is C16H24FN3. The monoisotopic (exact) mass is 277 g/mol. The lowest BCUT2D eigenvalue weighted by Gasteiger charge is -2.26. The predicted octanol–water partition coefficient (Wildman–Crippen LogP) is 3.48. The molecule has 1 aromatic rings. The fourth-order valence-electron chi connectivity index (χ4n) is 2.24. The number of nitrogens with one attached hydrogen (secondary N) is 1. The first-order chi connectivity index (χ1) is 9.49. The average molecular weight is 277 g/mol. The number of halogens is 1. The molecule has 2 atom stereocenters. The number of hydrogen-bond donors (Lipinski definition) is 1. The lowest BCUT2D eigenvalue weighted by atomic mass is 10.0. The van der Waals surface area contributed by atoms with E-state index < -0.39 is 0 Å². The van der Waals surface area contributed by atoms with Gasteiger partial charge in [0.2, 0.25) is 0 Å². The zero-order chi connectivity index (χ0) is 15.1. The van der Waals surface area contributed by atoms with E-state index in [1.54, 1.807) is 12.1 Å². The predicted molar refractivity (Wildman–Crippen MR) is 81.2 cm³/mol. The van der Waals surface area contributed by atoms with E-state index in [2.05, 4.69) is 18.3 Å². The molecule has 1 aromatic carbocycles. The van der Waals surface area contributed by atoms with E-state index >= 15 is 0 Å². The van der Waals surface area contributed by atoms with Crippen molar-refractivity contribution < 1.29 is 4.39 Å². The molecular weight excluding hydrogens is 253 g/mol. The van der Waals surface area contributed by atoms with Crippen LogP contribution in [0.15, 0.2) is 18.2 Å². The minimum absolute atomic E-state index is 0.0585. The van der Waals surface area contributed by atoms with Gasteiger partial charge in [-0.2, -0.15) is 5.26 Å². The molecule has 20 heavy (non-hydrogen) atoms. The minimum Gasteiger partial charge on any atom is -0.373 e. The first-order valence-electron chi connectivity index (χ1n) is 7.13. The maximum Gasteiger partial charge on any atom is 0.123 e. The number of anilines is 1. The SMILES string of the molecule is CCCNC(C)c1cc(F)ccc1N(C)CC(C)C#N. The summed E-state index contributed by atoms with van der Waals surface area (Å²) in [4.78, 5) is 2.02. The Bertz CT molecular complexity index is 467. The van der Waals surface area contributed by atoms with Crippen LogP contribution >= 0.6 is 0 Å².